The van der Waals surface area contributed by atoms with Crippen molar-refractivity contribution in [1.82, 2.24) is 20.6 Å². The molecule has 0 spiro atoms. The number of carbonyl (C=O) groups excluding carboxylic acids is 2. The zero-order valence-corrected chi connectivity index (χ0v) is 11.1. The first kappa shape index (κ1) is 13.8. The molecular weight excluding hydrogens is 256 g/mol. The number of benzene rings is 1. The second-order valence-corrected chi connectivity index (χ2v) is 4.40. The van der Waals surface area contributed by atoms with Crippen LogP contribution in [0.25, 0.3) is 0 Å². The highest BCUT2D eigenvalue weighted by Crippen LogP contribution is 2.02. The van der Waals surface area contributed by atoms with Crippen LogP contribution in [0.4, 0.5) is 0 Å². The van der Waals surface area contributed by atoms with Crippen molar-refractivity contribution in [3.05, 3.63) is 53.6 Å². The molecule has 104 valence electrons. The van der Waals surface area contributed by atoms with Crippen molar-refractivity contribution < 1.29 is 9.59 Å². The summed E-state index contributed by atoms with van der Waals surface area (Å²) in [6, 6.07) is 7.17. The first-order valence-electron chi connectivity index (χ1n) is 6.24. The van der Waals surface area contributed by atoms with E-state index in [9.17, 15) is 9.59 Å². The van der Waals surface area contributed by atoms with Crippen LogP contribution < -0.4 is 10.6 Å². The number of imidazole rings is 1. The molecule has 6 nitrogen and oxygen atoms in total. The molecule has 1 heterocycles. The number of rotatable bonds is 5. The lowest BCUT2D eigenvalue weighted by molar-refractivity contribution is -0.120. The molecule has 2 rings (SSSR count). The SMILES string of the molecule is Cc1ccc(C(=O)NCC(=O)NCc2cnc[nH]2)cc1. The Balaban J connectivity index is 1.75. The summed E-state index contributed by atoms with van der Waals surface area (Å²) in [5, 5.41) is 5.25. The average Bonchev–Trinajstić information content (AvgIpc) is 2.96. The molecule has 0 atom stereocenters. The molecule has 6 heteroatoms. The van der Waals surface area contributed by atoms with Gasteiger partial charge in [-0.15, -0.1) is 0 Å². The normalized spacial score (nSPS) is 10.1. The maximum Gasteiger partial charge on any atom is 0.251 e. The number of aromatic amines is 1. The van der Waals surface area contributed by atoms with Gasteiger partial charge in [0.25, 0.3) is 5.91 Å². The Morgan fingerprint density at radius 2 is 1.95 bits per heavy atom. The molecular formula is C14H16N4O2. The predicted molar refractivity (Wildman–Crippen MR) is 73.9 cm³/mol. The highest BCUT2D eigenvalue weighted by atomic mass is 16.2. The van der Waals surface area contributed by atoms with E-state index in [0.717, 1.165) is 11.3 Å². The predicted octanol–water partition coefficient (Wildman–Crippen LogP) is 0.764. The van der Waals surface area contributed by atoms with Crippen molar-refractivity contribution in [1.29, 1.82) is 0 Å². The molecule has 3 N–H and O–H groups in total. The van der Waals surface area contributed by atoms with Crippen molar-refractivity contribution in [2.24, 2.45) is 0 Å². The molecule has 2 aromatic rings. The van der Waals surface area contributed by atoms with Crippen molar-refractivity contribution in [3.63, 3.8) is 0 Å². The van der Waals surface area contributed by atoms with Crippen LogP contribution in [0.2, 0.25) is 0 Å². The van der Waals surface area contributed by atoms with Crippen LogP contribution in [0, 0.1) is 6.92 Å². The number of aromatic nitrogens is 2. The Hall–Kier alpha value is -2.63. The van der Waals surface area contributed by atoms with Crippen LogP contribution in [0.15, 0.2) is 36.8 Å². The van der Waals surface area contributed by atoms with Gasteiger partial charge in [-0.1, -0.05) is 17.7 Å². The van der Waals surface area contributed by atoms with E-state index < -0.39 is 0 Å². The first-order valence-corrected chi connectivity index (χ1v) is 6.24. The smallest absolute Gasteiger partial charge is 0.251 e. The molecule has 0 aliphatic heterocycles. The monoisotopic (exact) mass is 272 g/mol. The molecule has 0 fully saturated rings. The lowest BCUT2D eigenvalue weighted by Crippen LogP contribution is -2.36. The third kappa shape index (κ3) is 3.94. The van der Waals surface area contributed by atoms with Crippen molar-refractivity contribution in [2.45, 2.75) is 13.5 Å². The fourth-order valence-electron chi connectivity index (χ4n) is 1.61. The second kappa shape index (κ2) is 6.51. The van der Waals surface area contributed by atoms with Crippen LogP contribution in [0.1, 0.15) is 21.6 Å². The van der Waals surface area contributed by atoms with E-state index in [1.165, 1.54) is 0 Å². The fraction of sp³-hybridized carbons (Fsp3) is 0.214. The van der Waals surface area contributed by atoms with Crippen LogP contribution in [0.3, 0.4) is 0 Å². The quantitative estimate of drug-likeness (QED) is 0.751. The number of hydrogen-bond acceptors (Lipinski definition) is 3. The number of nitrogens with one attached hydrogen (secondary N) is 3. The Kier molecular flexibility index (Phi) is 4.49. The lowest BCUT2D eigenvalue weighted by Gasteiger charge is -2.06. The van der Waals surface area contributed by atoms with Crippen molar-refractivity contribution in [2.75, 3.05) is 6.54 Å². The van der Waals surface area contributed by atoms with Crippen molar-refractivity contribution >= 4 is 11.8 Å². The number of hydrogen-bond donors (Lipinski definition) is 3. The maximum absolute atomic E-state index is 11.8. The van der Waals surface area contributed by atoms with E-state index in [2.05, 4.69) is 20.6 Å². The minimum atomic E-state index is -0.262. The van der Waals surface area contributed by atoms with E-state index in [1.54, 1.807) is 24.7 Å². The standard InChI is InChI=1S/C14H16N4O2/c1-10-2-4-11(5-3-10)14(20)17-8-13(19)16-7-12-6-15-9-18-12/h2-6,9H,7-8H2,1H3,(H,15,18)(H,16,19)(H,17,20). The van der Waals surface area contributed by atoms with Gasteiger partial charge in [0.05, 0.1) is 25.1 Å². The summed E-state index contributed by atoms with van der Waals surface area (Å²) in [6.45, 7) is 2.25. The van der Waals surface area contributed by atoms with E-state index >= 15 is 0 Å². The van der Waals surface area contributed by atoms with E-state index in [4.69, 9.17) is 0 Å². The minimum Gasteiger partial charge on any atom is -0.349 e. The van der Waals surface area contributed by atoms with Gasteiger partial charge in [-0.25, -0.2) is 4.98 Å². The van der Waals surface area contributed by atoms with Gasteiger partial charge in [0.1, 0.15) is 0 Å². The fourth-order valence-corrected chi connectivity index (χ4v) is 1.61. The molecule has 0 saturated heterocycles. The van der Waals surface area contributed by atoms with Crippen molar-refractivity contribution in [3.8, 4) is 0 Å². The summed E-state index contributed by atoms with van der Waals surface area (Å²) in [5.74, 6) is -0.512. The van der Waals surface area contributed by atoms with E-state index in [0.29, 0.717) is 12.1 Å². The van der Waals surface area contributed by atoms with Crippen LogP contribution in [-0.4, -0.2) is 28.3 Å². The lowest BCUT2D eigenvalue weighted by atomic mass is 10.1. The molecule has 1 aromatic carbocycles. The average molecular weight is 272 g/mol. The van der Waals surface area contributed by atoms with Gasteiger partial charge >= 0.3 is 0 Å². The zero-order valence-electron chi connectivity index (χ0n) is 11.1. The van der Waals surface area contributed by atoms with Gasteiger partial charge < -0.3 is 15.6 Å². The van der Waals surface area contributed by atoms with Gasteiger partial charge in [-0.2, -0.15) is 0 Å². The topological polar surface area (TPSA) is 86.9 Å². The Morgan fingerprint density at radius 3 is 2.60 bits per heavy atom. The minimum absolute atomic E-state index is 0.0547. The van der Waals surface area contributed by atoms with Gasteiger partial charge in [-0.05, 0) is 19.1 Å². The number of carbonyl (C=O) groups is 2. The van der Waals surface area contributed by atoms with Crippen LogP contribution in [-0.2, 0) is 11.3 Å². The summed E-state index contributed by atoms with van der Waals surface area (Å²) >= 11 is 0. The van der Waals surface area contributed by atoms with Gasteiger partial charge in [-0.3, -0.25) is 9.59 Å². The first-order chi connectivity index (χ1) is 9.65. The zero-order chi connectivity index (χ0) is 14.4. The Labute approximate surface area is 116 Å². The number of amides is 2. The summed E-state index contributed by atoms with van der Waals surface area (Å²) in [6.07, 6.45) is 3.17. The summed E-state index contributed by atoms with van der Waals surface area (Å²) < 4.78 is 0. The Morgan fingerprint density at radius 1 is 1.20 bits per heavy atom. The molecule has 0 radical (unpaired) electrons. The number of aryl methyl sites for hydroxylation is 1. The molecule has 0 aliphatic rings. The molecule has 0 bridgehead atoms. The molecule has 2 amide bonds. The molecule has 1 aromatic heterocycles. The molecule has 0 saturated carbocycles. The highest BCUT2D eigenvalue weighted by Gasteiger charge is 2.07. The summed E-state index contributed by atoms with van der Waals surface area (Å²) in [7, 11) is 0. The number of H-pyrrole nitrogens is 1. The third-order valence-corrected chi connectivity index (χ3v) is 2.75. The summed E-state index contributed by atoms with van der Waals surface area (Å²) in [4.78, 5) is 30.1. The molecule has 20 heavy (non-hydrogen) atoms. The summed E-state index contributed by atoms with van der Waals surface area (Å²) in [5.41, 5.74) is 2.43. The molecule has 0 unspecified atom stereocenters. The van der Waals surface area contributed by atoms with E-state index in [1.807, 2.05) is 19.1 Å². The number of nitrogens with zero attached hydrogens (tertiary/aromatic N) is 1. The van der Waals surface area contributed by atoms with Gasteiger partial charge in [0.15, 0.2) is 0 Å². The third-order valence-electron chi connectivity index (χ3n) is 2.75. The van der Waals surface area contributed by atoms with Crippen LogP contribution >= 0.6 is 0 Å². The Bertz CT molecular complexity index is 576. The van der Waals surface area contributed by atoms with Gasteiger partial charge in [0.2, 0.25) is 5.91 Å². The van der Waals surface area contributed by atoms with E-state index in [-0.39, 0.29) is 18.4 Å². The highest BCUT2D eigenvalue weighted by molar-refractivity contribution is 5.96. The van der Waals surface area contributed by atoms with Gasteiger partial charge in [0, 0.05) is 11.8 Å². The molecule has 0 aliphatic carbocycles. The van der Waals surface area contributed by atoms with Crippen LogP contribution in [0.5, 0.6) is 0 Å². The maximum atomic E-state index is 11.8. The second-order valence-electron chi connectivity index (χ2n) is 4.40. The largest absolute Gasteiger partial charge is 0.349 e.